The van der Waals surface area contributed by atoms with Crippen LogP contribution in [-0.4, -0.2) is 72.2 Å². The van der Waals surface area contributed by atoms with E-state index in [1.54, 1.807) is 17.0 Å². The molecule has 1 aliphatic heterocycles. The summed E-state index contributed by atoms with van der Waals surface area (Å²) in [5.41, 5.74) is 1.05. The van der Waals surface area contributed by atoms with Gasteiger partial charge in [-0.3, -0.25) is 9.59 Å². The average molecular weight is 430 g/mol. The van der Waals surface area contributed by atoms with Gasteiger partial charge < -0.3 is 25.0 Å². The van der Waals surface area contributed by atoms with Crippen LogP contribution in [0, 0.1) is 17.8 Å². The van der Waals surface area contributed by atoms with Crippen molar-refractivity contribution in [3.05, 3.63) is 23.8 Å². The zero-order chi connectivity index (χ0) is 22.1. The Labute approximate surface area is 184 Å². The number of nitrogens with zero attached hydrogens (tertiary/aromatic N) is 2. The molecular formula is C24H35N3O4. The Hall–Kier alpha value is -2.12. The number of ether oxygens (including phenoxy) is 1. The molecule has 2 N–H and O–H groups in total. The van der Waals surface area contributed by atoms with Crippen molar-refractivity contribution < 1.29 is 19.4 Å². The Morgan fingerprint density at radius 1 is 1.29 bits per heavy atom. The molecule has 0 spiro atoms. The van der Waals surface area contributed by atoms with Crippen LogP contribution in [0.15, 0.2) is 18.2 Å². The molecule has 3 aliphatic rings. The third kappa shape index (κ3) is 5.39. The zero-order valence-corrected chi connectivity index (χ0v) is 18.8. The lowest BCUT2D eigenvalue weighted by Gasteiger charge is -2.38. The number of carbonyl (C=O) groups is 2. The number of benzene rings is 1. The molecular weight excluding hydrogens is 394 g/mol. The second-order valence-electron chi connectivity index (χ2n) is 9.76. The molecule has 1 heterocycles. The summed E-state index contributed by atoms with van der Waals surface area (Å²) in [6.07, 6.45) is 4.39. The predicted molar refractivity (Wildman–Crippen MR) is 119 cm³/mol. The number of carbonyl (C=O) groups excluding carboxylic acids is 2. The van der Waals surface area contributed by atoms with Crippen molar-refractivity contribution in [3.63, 3.8) is 0 Å². The van der Waals surface area contributed by atoms with Crippen molar-refractivity contribution in [3.8, 4) is 5.75 Å². The highest BCUT2D eigenvalue weighted by Gasteiger charge is 2.35. The maximum Gasteiger partial charge on any atom is 0.258 e. The standard InChI is InChI=1S/C24H35N3O4/c1-15-11-27(16(2)14-28)24(30)20-10-19(25-23(29)18-6-7-18)8-9-21(20)31-22(15)13-26(3)12-17-4-5-17/h8-10,15-18,22,28H,4-7,11-14H2,1-3H3,(H,25,29)/t15-,16+,22-/m1/s1. The zero-order valence-electron chi connectivity index (χ0n) is 18.8. The van der Waals surface area contributed by atoms with E-state index in [1.165, 1.54) is 12.8 Å². The van der Waals surface area contributed by atoms with Crippen LogP contribution < -0.4 is 10.1 Å². The van der Waals surface area contributed by atoms with Crippen molar-refractivity contribution in [2.75, 3.05) is 38.6 Å². The third-order valence-electron chi connectivity index (χ3n) is 6.64. The minimum Gasteiger partial charge on any atom is -0.488 e. The van der Waals surface area contributed by atoms with E-state index in [0.717, 1.165) is 31.8 Å². The highest BCUT2D eigenvalue weighted by atomic mass is 16.5. The summed E-state index contributed by atoms with van der Waals surface area (Å²) in [5, 5.41) is 12.7. The van der Waals surface area contributed by atoms with Gasteiger partial charge in [0.25, 0.3) is 5.91 Å². The van der Waals surface area contributed by atoms with E-state index >= 15 is 0 Å². The maximum atomic E-state index is 13.4. The number of aliphatic hydroxyl groups is 1. The lowest BCUT2D eigenvalue weighted by molar-refractivity contribution is -0.117. The van der Waals surface area contributed by atoms with E-state index in [2.05, 4.69) is 24.2 Å². The SMILES string of the molecule is C[C@@H]1CN([C@@H](C)CO)C(=O)c2cc(NC(=O)C3CC3)ccc2O[C@@H]1CN(C)CC1CC1. The van der Waals surface area contributed by atoms with Crippen LogP contribution in [0.1, 0.15) is 49.9 Å². The van der Waals surface area contributed by atoms with E-state index in [4.69, 9.17) is 4.74 Å². The van der Waals surface area contributed by atoms with Gasteiger partial charge >= 0.3 is 0 Å². The number of hydrogen-bond donors (Lipinski definition) is 2. The topological polar surface area (TPSA) is 82.1 Å². The van der Waals surface area contributed by atoms with Crippen LogP contribution in [0.25, 0.3) is 0 Å². The van der Waals surface area contributed by atoms with Crippen molar-refractivity contribution in [1.29, 1.82) is 0 Å². The minimum atomic E-state index is -0.296. The summed E-state index contributed by atoms with van der Waals surface area (Å²) in [5.74, 6) is 1.38. The van der Waals surface area contributed by atoms with Crippen LogP contribution >= 0.6 is 0 Å². The molecule has 3 atom stereocenters. The molecule has 31 heavy (non-hydrogen) atoms. The minimum absolute atomic E-state index is 0.00735. The average Bonchev–Trinajstić information content (AvgIpc) is 3.64. The second kappa shape index (κ2) is 9.17. The third-order valence-corrected chi connectivity index (χ3v) is 6.64. The summed E-state index contributed by atoms with van der Waals surface area (Å²) in [6.45, 7) is 6.24. The van der Waals surface area contributed by atoms with E-state index in [1.807, 2.05) is 13.0 Å². The Morgan fingerprint density at radius 2 is 2.03 bits per heavy atom. The number of amides is 2. The quantitative estimate of drug-likeness (QED) is 0.664. The summed E-state index contributed by atoms with van der Waals surface area (Å²) in [4.78, 5) is 29.7. The summed E-state index contributed by atoms with van der Waals surface area (Å²) >= 11 is 0. The van der Waals surface area contributed by atoms with Crippen LogP contribution in [0.5, 0.6) is 5.75 Å². The fourth-order valence-electron chi connectivity index (χ4n) is 4.23. The lowest BCUT2D eigenvalue weighted by atomic mass is 9.99. The molecule has 0 saturated heterocycles. The molecule has 0 radical (unpaired) electrons. The molecule has 2 aliphatic carbocycles. The highest BCUT2D eigenvalue weighted by Crippen LogP contribution is 2.34. The normalized spacial score (nSPS) is 24.8. The first-order valence-electron chi connectivity index (χ1n) is 11.6. The van der Waals surface area contributed by atoms with Gasteiger partial charge in [0.1, 0.15) is 11.9 Å². The molecule has 2 fully saturated rings. The number of nitrogens with one attached hydrogen (secondary N) is 1. The molecule has 170 valence electrons. The highest BCUT2D eigenvalue weighted by molar-refractivity contribution is 6.00. The Morgan fingerprint density at radius 3 is 2.68 bits per heavy atom. The Balaban J connectivity index is 1.60. The smallest absolute Gasteiger partial charge is 0.258 e. The summed E-state index contributed by atoms with van der Waals surface area (Å²) in [7, 11) is 2.13. The van der Waals surface area contributed by atoms with E-state index in [-0.39, 0.29) is 42.4 Å². The first-order valence-corrected chi connectivity index (χ1v) is 11.6. The molecule has 1 aromatic carbocycles. The van der Waals surface area contributed by atoms with E-state index in [0.29, 0.717) is 23.5 Å². The maximum absolute atomic E-state index is 13.4. The number of rotatable bonds is 8. The second-order valence-corrected chi connectivity index (χ2v) is 9.76. The Kier molecular flexibility index (Phi) is 6.53. The van der Waals surface area contributed by atoms with Crippen LogP contribution in [0.4, 0.5) is 5.69 Å². The monoisotopic (exact) mass is 429 g/mol. The number of aliphatic hydroxyl groups excluding tert-OH is 1. The molecule has 7 nitrogen and oxygen atoms in total. The largest absolute Gasteiger partial charge is 0.488 e. The molecule has 7 heteroatoms. The van der Waals surface area contributed by atoms with Gasteiger partial charge in [-0.25, -0.2) is 0 Å². The van der Waals surface area contributed by atoms with Crippen LogP contribution in [0.3, 0.4) is 0 Å². The number of fused-ring (bicyclic) bond motifs is 1. The van der Waals surface area contributed by atoms with Gasteiger partial charge in [-0.05, 0) is 63.8 Å². The lowest BCUT2D eigenvalue weighted by Crippen LogP contribution is -2.50. The van der Waals surface area contributed by atoms with Crippen molar-refractivity contribution in [2.45, 2.75) is 51.7 Å². The molecule has 2 saturated carbocycles. The summed E-state index contributed by atoms with van der Waals surface area (Å²) < 4.78 is 6.41. The Bertz CT molecular complexity index is 821. The van der Waals surface area contributed by atoms with Gasteiger partial charge in [-0.2, -0.15) is 0 Å². The molecule has 2 amide bonds. The molecule has 0 bridgehead atoms. The fourth-order valence-corrected chi connectivity index (χ4v) is 4.23. The molecule has 0 aromatic heterocycles. The van der Waals surface area contributed by atoms with Gasteiger partial charge in [0.15, 0.2) is 0 Å². The van der Waals surface area contributed by atoms with Crippen LogP contribution in [-0.2, 0) is 4.79 Å². The van der Waals surface area contributed by atoms with Gasteiger partial charge in [0.2, 0.25) is 5.91 Å². The first-order chi connectivity index (χ1) is 14.9. The van der Waals surface area contributed by atoms with Gasteiger partial charge in [-0.1, -0.05) is 6.92 Å². The fraction of sp³-hybridized carbons (Fsp3) is 0.667. The van der Waals surface area contributed by atoms with Crippen molar-refractivity contribution >= 4 is 17.5 Å². The molecule has 0 unspecified atom stereocenters. The number of hydrogen-bond acceptors (Lipinski definition) is 5. The molecule has 4 rings (SSSR count). The van der Waals surface area contributed by atoms with E-state index < -0.39 is 0 Å². The first kappa shape index (κ1) is 22.1. The van der Waals surface area contributed by atoms with Crippen molar-refractivity contribution in [1.82, 2.24) is 9.80 Å². The predicted octanol–water partition coefficient (Wildman–Crippen LogP) is 2.60. The van der Waals surface area contributed by atoms with Crippen molar-refractivity contribution in [2.24, 2.45) is 17.8 Å². The molecule has 1 aromatic rings. The van der Waals surface area contributed by atoms with Gasteiger partial charge in [0.05, 0.1) is 18.2 Å². The number of likely N-dealkylation sites (N-methyl/N-ethyl adjacent to an activating group) is 1. The van der Waals surface area contributed by atoms with Gasteiger partial charge in [0, 0.05) is 37.2 Å². The number of anilines is 1. The summed E-state index contributed by atoms with van der Waals surface area (Å²) in [6, 6.07) is 5.03. The van der Waals surface area contributed by atoms with E-state index in [9.17, 15) is 14.7 Å². The van der Waals surface area contributed by atoms with Gasteiger partial charge in [-0.15, -0.1) is 0 Å². The van der Waals surface area contributed by atoms with Crippen LogP contribution in [0.2, 0.25) is 0 Å².